The van der Waals surface area contributed by atoms with Crippen LogP contribution in [0, 0.1) is 0 Å². The third-order valence-corrected chi connectivity index (χ3v) is 6.04. The van der Waals surface area contributed by atoms with Gasteiger partial charge in [-0.2, -0.15) is 13.2 Å². The van der Waals surface area contributed by atoms with E-state index in [1.807, 2.05) is 17.9 Å². The maximum absolute atomic E-state index is 12.8. The van der Waals surface area contributed by atoms with E-state index < -0.39 is 12.1 Å². The van der Waals surface area contributed by atoms with E-state index in [0.29, 0.717) is 6.04 Å². The lowest BCUT2D eigenvalue weighted by atomic mass is 9.91. The molecule has 0 saturated heterocycles. The van der Waals surface area contributed by atoms with Gasteiger partial charge in [-0.25, -0.2) is 9.78 Å². The Morgan fingerprint density at radius 2 is 2.07 bits per heavy atom. The Hall–Kier alpha value is -2.40. The van der Waals surface area contributed by atoms with Crippen LogP contribution in [0.3, 0.4) is 0 Å². The summed E-state index contributed by atoms with van der Waals surface area (Å²) in [4.78, 5) is 29.9. The molecule has 0 bridgehead atoms. The first kappa shape index (κ1) is 22.3. The van der Waals surface area contributed by atoms with Crippen LogP contribution in [0.1, 0.15) is 41.4 Å². The van der Waals surface area contributed by atoms with Crippen LogP contribution < -0.4 is 5.32 Å². The quantitative estimate of drug-likeness (QED) is 0.757. The lowest BCUT2D eigenvalue weighted by Gasteiger charge is -2.34. The highest BCUT2D eigenvalue weighted by molar-refractivity contribution is 7.09. The van der Waals surface area contributed by atoms with E-state index in [0.717, 1.165) is 43.9 Å². The van der Waals surface area contributed by atoms with Crippen molar-refractivity contribution in [3.63, 3.8) is 0 Å². The van der Waals surface area contributed by atoms with Gasteiger partial charge in [0.25, 0.3) is 0 Å². The Bertz CT molecular complexity index is 878. The van der Waals surface area contributed by atoms with E-state index in [-0.39, 0.29) is 11.8 Å². The second-order valence-electron chi connectivity index (χ2n) is 7.43. The maximum Gasteiger partial charge on any atom is 0.490 e. The molecular weight excluding hydrogens is 421 g/mol. The zero-order valence-corrected chi connectivity index (χ0v) is 17.2. The van der Waals surface area contributed by atoms with Crippen LogP contribution in [0.25, 0.3) is 0 Å². The van der Waals surface area contributed by atoms with Gasteiger partial charge in [0.2, 0.25) is 5.91 Å². The Balaban J connectivity index is 0.000000318. The number of carboxylic acid groups (broad SMARTS) is 1. The van der Waals surface area contributed by atoms with Crippen molar-refractivity contribution in [3.8, 4) is 0 Å². The van der Waals surface area contributed by atoms with E-state index in [2.05, 4.69) is 32.7 Å². The molecule has 3 heterocycles. The topological polar surface area (TPSA) is 87.5 Å². The summed E-state index contributed by atoms with van der Waals surface area (Å²) in [6.45, 7) is 2.48. The van der Waals surface area contributed by atoms with Crippen molar-refractivity contribution >= 4 is 23.2 Å². The first-order valence-electron chi connectivity index (χ1n) is 9.50. The van der Waals surface area contributed by atoms with Crippen molar-refractivity contribution in [1.82, 2.24) is 19.8 Å². The van der Waals surface area contributed by atoms with Gasteiger partial charge in [0.15, 0.2) is 0 Å². The number of alkyl halides is 3. The number of aliphatic carboxylic acids is 1. The molecule has 164 valence electrons. The molecule has 7 nitrogen and oxygen atoms in total. The third-order valence-electron chi connectivity index (χ3n) is 5.18. The number of aromatic nitrogens is 2. The lowest BCUT2D eigenvalue weighted by Crippen LogP contribution is -2.46. The minimum atomic E-state index is -5.08. The summed E-state index contributed by atoms with van der Waals surface area (Å²) < 4.78 is 33.8. The van der Waals surface area contributed by atoms with Crippen molar-refractivity contribution in [2.75, 3.05) is 6.54 Å². The molecule has 4 rings (SSSR count). The molecule has 1 amide bonds. The summed E-state index contributed by atoms with van der Waals surface area (Å²) in [5.74, 6) is -2.71. The average molecular weight is 444 g/mol. The Morgan fingerprint density at radius 3 is 2.60 bits per heavy atom. The van der Waals surface area contributed by atoms with Gasteiger partial charge >= 0.3 is 12.1 Å². The molecular formula is C19H23F3N4O3S. The molecule has 30 heavy (non-hydrogen) atoms. The summed E-state index contributed by atoms with van der Waals surface area (Å²) >= 11 is 1.77. The standard InChI is InChI=1S/C17H22N4OS.C2HF3O2/c1-20-11-18-15-10-21(8-13-6-3-7-23-13)9-14(16(15)20)17(22)19-12-4-2-5-12;3-2(4,5)1(6)7/h3,6-7,11-12,14H,2,4-5,8-10H2,1H3,(H,19,22);(H,6,7). The first-order valence-corrected chi connectivity index (χ1v) is 10.4. The largest absolute Gasteiger partial charge is 0.490 e. The van der Waals surface area contributed by atoms with Gasteiger partial charge in [-0.3, -0.25) is 9.69 Å². The SMILES string of the molecule is Cn1cnc2c1C(C(=O)NC1CCC1)CN(Cc1cccs1)C2.O=C(O)C(F)(F)F. The predicted octanol–water partition coefficient (Wildman–Crippen LogP) is 2.88. The molecule has 2 aromatic rings. The van der Waals surface area contributed by atoms with Crippen LogP contribution in [0.4, 0.5) is 13.2 Å². The van der Waals surface area contributed by atoms with Gasteiger partial charge in [-0.15, -0.1) is 11.3 Å². The third kappa shape index (κ3) is 5.39. The Morgan fingerprint density at radius 1 is 1.37 bits per heavy atom. The summed E-state index contributed by atoms with van der Waals surface area (Å²) in [6, 6.07) is 4.62. The minimum absolute atomic E-state index is 0.119. The molecule has 2 N–H and O–H groups in total. The van der Waals surface area contributed by atoms with Gasteiger partial charge in [0, 0.05) is 37.6 Å². The zero-order chi connectivity index (χ0) is 21.9. The van der Waals surface area contributed by atoms with Gasteiger partial charge < -0.3 is 15.0 Å². The lowest BCUT2D eigenvalue weighted by molar-refractivity contribution is -0.192. The van der Waals surface area contributed by atoms with Gasteiger partial charge in [0.05, 0.1) is 23.6 Å². The van der Waals surface area contributed by atoms with Gasteiger partial charge in [-0.1, -0.05) is 6.07 Å². The molecule has 1 fully saturated rings. The molecule has 0 radical (unpaired) electrons. The number of carbonyl (C=O) groups excluding carboxylic acids is 1. The first-order chi connectivity index (χ1) is 14.1. The minimum Gasteiger partial charge on any atom is -0.475 e. The number of halogens is 3. The Labute approximate surface area is 175 Å². The highest BCUT2D eigenvalue weighted by atomic mass is 32.1. The van der Waals surface area contributed by atoms with E-state index in [9.17, 15) is 18.0 Å². The monoisotopic (exact) mass is 444 g/mol. The molecule has 1 aliphatic carbocycles. The van der Waals surface area contributed by atoms with Crippen molar-refractivity contribution in [2.45, 2.75) is 50.5 Å². The van der Waals surface area contributed by atoms with Crippen LogP contribution in [0.5, 0.6) is 0 Å². The zero-order valence-electron chi connectivity index (χ0n) is 16.4. The number of hydrogen-bond acceptors (Lipinski definition) is 5. The molecule has 1 saturated carbocycles. The highest BCUT2D eigenvalue weighted by Crippen LogP contribution is 2.30. The second kappa shape index (κ2) is 9.17. The van der Waals surface area contributed by atoms with Crippen LogP contribution in [-0.2, 0) is 29.7 Å². The fraction of sp³-hybridized carbons (Fsp3) is 0.526. The summed E-state index contributed by atoms with van der Waals surface area (Å²) in [5.41, 5.74) is 2.13. The normalized spacial score (nSPS) is 19.3. The van der Waals surface area contributed by atoms with E-state index in [1.54, 1.807) is 11.3 Å². The fourth-order valence-corrected chi connectivity index (χ4v) is 4.23. The van der Waals surface area contributed by atoms with Crippen molar-refractivity contribution in [1.29, 1.82) is 0 Å². The summed E-state index contributed by atoms with van der Waals surface area (Å²) in [7, 11) is 1.99. The van der Waals surface area contributed by atoms with Crippen LogP contribution in [0.2, 0.25) is 0 Å². The highest BCUT2D eigenvalue weighted by Gasteiger charge is 2.38. The number of imidazole rings is 1. The molecule has 1 aliphatic heterocycles. The molecule has 2 aromatic heterocycles. The van der Waals surface area contributed by atoms with Gasteiger partial charge in [0.1, 0.15) is 0 Å². The number of hydrogen-bond donors (Lipinski definition) is 2. The number of amides is 1. The number of fused-ring (bicyclic) bond motifs is 1. The van der Waals surface area contributed by atoms with Crippen molar-refractivity contribution < 1.29 is 27.9 Å². The maximum atomic E-state index is 12.8. The van der Waals surface area contributed by atoms with Gasteiger partial charge in [-0.05, 0) is 30.7 Å². The predicted molar refractivity (Wildman–Crippen MR) is 104 cm³/mol. The molecule has 1 unspecified atom stereocenters. The number of thiophene rings is 1. The average Bonchev–Trinajstić information content (AvgIpc) is 3.27. The Kier molecular flexibility index (Phi) is 6.81. The number of aryl methyl sites for hydroxylation is 1. The van der Waals surface area contributed by atoms with Crippen molar-refractivity contribution in [3.05, 3.63) is 40.1 Å². The van der Waals surface area contributed by atoms with Crippen LogP contribution in [0.15, 0.2) is 23.8 Å². The van der Waals surface area contributed by atoms with Crippen LogP contribution >= 0.6 is 11.3 Å². The molecule has 2 aliphatic rings. The number of rotatable bonds is 4. The number of nitrogens with one attached hydrogen (secondary N) is 1. The fourth-order valence-electron chi connectivity index (χ4n) is 3.48. The summed E-state index contributed by atoms with van der Waals surface area (Å²) in [5, 5.41) is 12.4. The number of nitrogens with zero attached hydrogens (tertiary/aromatic N) is 3. The van der Waals surface area contributed by atoms with Crippen LogP contribution in [-0.4, -0.2) is 50.2 Å². The van der Waals surface area contributed by atoms with E-state index in [1.165, 1.54) is 11.3 Å². The summed E-state index contributed by atoms with van der Waals surface area (Å²) in [6.07, 6.45) is 0.227. The number of carboxylic acids is 1. The second-order valence-corrected chi connectivity index (χ2v) is 8.46. The molecule has 0 spiro atoms. The molecule has 0 aromatic carbocycles. The smallest absolute Gasteiger partial charge is 0.475 e. The number of carbonyl (C=O) groups is 2. The molecule has 1 atom stereocenters. The van der Waals surface area contributed by atoms with Crippen molar-refractivity contribution in [2.24, 2.45) is 7.05 Å². The molecule has 11 heteroatoms. The van der Waals surface area contributed by atoms with E-state index in [4.69, 9.17) is 9.90 Å². The van der Waals surface area contributed by atoms with E-state index >= 15 is 0 Å².